The highest BCUT2D eigenvalue weighted by Crippen LogP contribution is 2.37. The van der Waals surface area contributed by atoms with Crippen LogP contribution in [0.4, 0.5) is 5.69 Å². The first kappa shape index (κ1) is 13.0. The van der Waals surface area contributed by atoms with Gasteiger partial charge >= 0.3 is 0 Å². The minimum atomic E-state index is -0.302. The molecular formula is C14H20N2O2. The van der Waals surface area contributed by atoms with Crippen molar-refractivity contribution in [1.29, 1.82) is 0 Å². The Morgan fingerprint density at radius 1 is 1.50 bits per heavy atom. The quantitative estimate of drug-likeness (QED) is 0.619. The van der Waals surface area contributed by atoms with Gasteiger partial charge in [0.25, 0.3) is 5.69 Å². The Labute approximate surface area is 108 Å². The summed E-state index contributed by atoms with van der Waals surface area (Å²) in [6.07, 6.45) is 3.67. The minimum absolute atomic E-state index is 0.0402. The molecule has 1 aliphatic carbocycles. The predicted molar refractivity (Wildman–Crippen MR) is 71.5 cm³/mol. The van der Waals surface area contributed by atoms with E-state index in [1.807, 2.05) is 19.1 Å². The molecule has 3 atom stereocenters. The summed E-state index contributed by atoms with van der Waals surface area (Å²) in [6, 6.07) is 7.57. The topological polar surface area (TPSA) is 55.2 Å². The van der Waals surface area contributed by atoms with Crippen LogP contribution in [0.2, 0.25) is 0 Å². The van der Waals surface area contributed by atoms with Crippen molar-refractivity contribution < 1.29 is 4.92 Å². The van der Waals surface area contributed by atoms with Crippen molar-refractivity contribution in [2.45, 2.75) is 45.2 Å². The zero-order valence-corrected chi connectivity index (χ0v) is 10.9. The van der Waals surface area contributed by atoms with Crippen LogP contribution in [0, 0.1) is 16.0 Å². The molecule has 4 nitrogen and oxygen atoms in total. The first-order chi connectivity index (χ1) is 8.63. The summed E-state index contributed by atoms with van der Waals surface area (Å²) in [4.78, 5) is 10.7. The van der Waals surface area contributed by atoms with Crippen molar-refractivity contribution in [2.24, 2.45) is 5.92 Å². The number of benzene rings is 1. The van der Waals surface area contributed by atoms with Crippen molar-refractivity contribution in [3.05, 3.63) is 39.9 Å². The largest absolute Gasteiger partial charge is 0.307 e. The van der Waals surface area contributed by atoms with Crippen molar-refractivity contribution in [3.63, 3.8) is 0 Å². The average Bonchev–Trinajstić information content (AvgIpc) is 3.07. The van der Waals surface area contributed by atoms with Crippen LogP contribution in [0.3, 0.4) is 0 Å². The maximum absolute atomic E-state index is 11.0. The van der Waals surface area contributed by atoms with Gasteiger partial charge in [0.15, 0.2) is 0 Å². The highest BCUT2D eigenvalue weighted by atomic mass is 16.6. The van der Waals surface area contributed by atoms with Gasteiger partial charge in [-0.15, -0.1) is 0 Å². The summed E-state index contributed by atoms with van der Waals surface area (Å²) in [5.74, 6) is 0.764. The smallest absolute Gasteiger partial charge is 0.274 e. The molecule has 2 rings (SSSR count). The highest BCUT2D eigenvalue weighted by Gasteiger charge is 2.37. The molecule has 0 amide bonds. The van der Waals surface area contributed by atoms with E-state index < -0.39 is 0 Å². The van der Waals surface area contributed by atoms with Gasteiger partial charge in [0.05, 0.1) is 4.92 Å². The molecule has 1 aliphatic rings. The normalized spacial score (nSPS) is 23.7. The lowest BCUT2D eigenvalue weighted by atomic mass is 10.1. The Hall–Kier alpha value is -1.42. The molecule has 0 spiro atoms. The number of nitrogens with one attached hydrogen (secondary N) is 1. The van der Waals surface area contributed by atoms with Gasteiger partial charge in [0.1, 0.15) is 0 Å². The van der Waals surface area contributed by atoms with Crippen molar-refractivity contribution in [1.82, 2.24) is 5.32 Å². The van der Waals surface area contributed by atoms with Crippen LogP contribution >= 0.6 is 0 Å². The molecule has 1 N–H and O–H groups in total. The lowest BCUT2D eigenvalue weighted by Gasteiger charge is -2.14. The second-order valence-electron chi connectivity index (χ2n) is 5.10. The van der Waals surface area contributed by atoms with E-state index in [-0.39, 0.29) is 16.7 Å². The number of para-hydroxylation sites is 1. The third kappa shape index (κ3) is 2.88. The number of hydrogen-bond acceptors (Lipinski definition) is 3. The van der Waals surface area contributed by atoms with Gasteiger partial charge in [0, 0.05) is 23.7 Å². The fourth-order valence-electron chi connectivity index (χ4n) is 2.57. The summed E-state index contributed by atoms with van der Waals surface area (Å²) in [5, 5.41) is 14.5. The lowest BCUT2D eigenvalue weighted by molar-refractivity contribution is -0.385. The Bertz CT molecular complexity index is 434. The molecule has 0 saturated heterocycles. The van der Waals surface area contributed by atoms with Gasteiger partial charge in [-0.05, 0) is 25.7 Å². The summed E-state index contributed by atoms with van der Waals surface area (Å²) in [5.41, 5.74) is 0.995. The van der Waals surface area contributed by atoms with Gasteiger partial charge in [-0.1, -0.05) is 31.5 Å². The molecule has 1 aromatic carbocycles. The number of nitrogens with zero attached hydrogens (tertiary/aromatic N) is 1. The second kappa shape index (κ2) is 5.48. The molecule has 18 heavy (non-hydrogen) atoms. The van der Waals surface area contributed by atoms with Gasteiger partial charge in [-0.2, -0.15) is 0 Å². The molecule has 0 aromatic heterocycles. The van der Waals surface area contributed by atoms with Crippen LogP contribution in [-0.4, -0.2) is 11.0 Å². The molecule has 0 bridgehead atoms. The average molecular weight is 248 g/mol. The molecule has 1 saturated carbocycles. The van der Waals surface area contributed by atoms with E-state index in [0.29, 0.717) is 6.04 Å². The van der Waals surface area contributed by atoms with Crippen LogP contribution in [-0.2, 0) is 0 Å². The molecule has 1 aromatic rings. The SMILES string of the molecule is CCCC1CC1NC(C)c1ccccc1[N+](=O)[O-]. The first-order valence-corrected chi connectivity index (χ1v) is 6.62. The van der Waals surface area contributed by atoms with Gasteiger partial charge in [-0.3, -0.25) is 10.1 Å². The summed E-state index contributed by atoms with van der Waals surface area (Å²) in [7, 11) is 0. The molecule has 1 fully saturated rings. The fraction of sp³-hybridized carbons (Fsp3) is 0.571. The van der Waals surface area contributed by atoms with E-state index in [1.165, 1.54) is 19.3 Å². The Morgan fingerprint density at radius 3 is 2.89 bits per heavy atom. The van der Waals surface area contributed by atoms with E-state index in [2.05, 4.69) is 12.2 Å². The lowest BCUT2D eigenvalue weighted by Crippen LogP contribution is -2.23. The van der Waals surface area contributed by atoms with E-state index in [9.17, 15) is 10.1 Å². The Kier molecular flexibility index (Phi) is 3.97. The number of nitro benzene ring substituents is 1. The molecule has 0 heterocycles. The van der Waals surface area contributed by atoms with Gasteiger partial charge in [-0.25, -0.2) is 0 Å². The monoisotopic (exact) mass is 248 g/mol. The van der Waals surface area contributed by atoms with Crippen LogP contribution in [0.5, 0.6) is 0 Å². The molecule has 0 radical (unpaired) electrons. The molecular weight excluding hydrogens is 228 g/mol. The van der Waals surface area contributed by atoms with Crippen LogP contribution in [0.15, 0.2) is 24.3 Å². The minimum Gasteiger partial charge on any atom is -0.307 e. The second-order valence-corrected chi connectivity index (χ2v) is 5.10. The highest BCUT2D eigenvalue weighted by molar-refractivity contribution is 5.41. The summed E-state index contributed by atoms with van der Waals surface area (Å²) >= 11 is 0. The van der Waals surface area contributed by atoms with Crippen LogP contribution in [0.25, 0.3) is 0 Å². The zero-order valence-electron chi connectivity index (χ0n) is 10.9. The van der Waals surface area contributed by atoms with E-state index in [0.717, 1.165) is 11.5 Å². The summed E-state index contributed by atoms with van der Waals surface area (Å²) in [6.45, 7) is 4.20. The van der Waals surface area contributed by atoms with E-state index in [1.54, 1.807) is 12.1 Å². The van der Waals surface area contributed by atoms with Gasteiger partial charge < -0.3 is 5.32 Å². The molecule has 4 heteroatoms. The standard InChI is InChI=1S/C14H20N2O2/c1-3-6-11-9-13(11)15-10(2)12-7-4-5-8-14(12)16(17)18/h4-5,7-8,10-11,13,15H,3,6,9H2,1-2H3. The van der Waals surface area contributed by atoms with E-state index >= 15 is 0 Å². The van der Waals surface area contributed by atoms with Gasteiger partial charge in [0.2, 0.25) is 0 Å². The maximum Gasteiger partial charge on any atom is 0.274 e. The maximum atomic E-state index is 11.0. The van der Waals surface area contributed by atoms with Crippen LogP contribution < -0.4 is 5.32 Å². The zero-order chi connectivity index (χ0) is 13.1. The fourth-order valence-corrected chi connectivity index (χ4v) is 2.57. The number of hydrogen-bond donors (Lipinski definition) is 1. The summed E-state index contributed by atoms with van der Waals surface area (Å²) < 4.78 is 0. The molecule has 0 aliphatic heterocycles. The third-order valence-electron chi connectivity index (χ3n) is 3.65. The van der Waals surface area contributed by atoms with Crippen LogP contribution in [0.1, 0.15) is 44.7 Å². The van der Waals surface area contributed by atoms with E-state index in [4.69, 9.17) is 0 Å². The van der Waals surface area contributed by atoms with Crippen molar-refractivity contribution >= 4 is 5.69 Å². The Morgan fingerprint density at radius 2 is 2.22 bits per heavy atom. The number of rotatable bonds is 6. The van der Waals surface area contributed by atoms with Crippen molar-refractivity contribution in [2.75, 3.05) is 0 Å². The molecule has 3 unspecified atom stereocenters. The Balaban J connectivity index is 2.01. The first-order valence-electron chi connectivity index (χ1n) is 6.62. The molecule has 98 valence electrons. The van der Waals surface area contributed by atoms with Crippen molar-refractivity contribution in [3.8, 4) is 0 Å². The third-order valence-corrected chi connectivity index (χ3v) is 3.65. The predicted octanol–water partition coefficient (Wildman–Crippen LogP) is 3.43. The number of nitro groups is 1.